The first-order chi connectivity index (χ1) is 9.16. The number of hydrogen-bond acceptors (Lipinski definition) is 2. The van der Waals surface area contributed by atoms with Gasteiger partial charge in [-0.3, -0.25) is 0 Å². The summed E-state index contributed by atoms with van der Waals surface area (Å²) in [4.78, 5) is 0. The van der Waals surface area contributed by atoms with Crippen LogP contribution < -0.4 is 10.5 Å². The topological polar surface area (TPSA) is 35.2 Å². The lowest BCUT2D eigenvalue weighted by Crippen LogP contribution is -2.09. The van der Waals surface area contributed by atoms with Gasteiger partial charge in [-0.25, -0.2) is 8.78 Å². The van der Waals surface area contributed by atoms with Crippen LogP contribution in [0.4, 0.5) is 14.5 Å². The first-order valence-electron chi connectivity index (χ1n) is 6.16. The van der Waals surface area contributed by atoms with Gasteiger partial charge in [0, 0.05) is 17.2 Å². The zero-order valence-corrected chi connectivity index (χ0v) is 10.2. The molecule has 2 N–H and O–H groups in total. The number of nitrogen functional groups attached to an aromatic ring is 1. The van der Waals surface area contributed by atoms with E-state index in [-0.39, 0.29) is 11.3 Å². The lowest BCUT2D eigenvalue weighted by Gasteiger charge is -2.20. The van der Waals surface area contributed by atoms with Gasteiger partial charge >= 0.3 is 0 Å². The highest BCUT2D eigenvalue weighted by atomic mass is 19.1. The van der Waals surface area contributed by atoms with Crippen LogP contribution in [0.1, 0.15) is 12.0 Å². The summed E-state index contributed by atoms with van der Waals surface area (Å²) in [5, 5.41) is 0. The van der Waals surface area contributed by atoms with Crippen molar-refractivity contribution in [1.29, 1.82) is 0 Å². The van der Waals surface area contributed by atoms with Crippen LogP contribution in [0, 0.1) is 11.6 Å². The van der Waals surface area contributed by atoms with Crippen LogP contribution in [-0.2, 0) is 6.42 Å². The molecule has 2 aromatic rings. The quantitative estimate of drug-likeness (QED) is 0.797. The second kappa shape index (κ2) is 4.53. The van der Waals surface area contributed by atoms with Gasteiger partial charge in [-0.15, -0.1) is 0 Å². The molecule has 4 heteroatoms. The van der Waals surface area contributed by atoms with Gasteiger partial charge in [0.25, 0.3) is 0 Å². The van der Waals surface area contributed by atoms with Gasteiger partial charge in [0.15, 0.2) is 0 Å². The van der Waals surface area contributed by atoms with E-state index in [1.54, 1.807) is 6.07 Å². The second-order valence-electron chi connectivity index (χ2n) is 4.60. The van der Waals surface area contributed by atoms with Crippen LogP contribution >= 0.6 is 0 Å². The maximum Gasteiger partial charge on any atom is 0.146 e. The Labute approximate surface area is 109 Å². The minimum Gasteiger partial charge on any atom is -0.493 e. The summed E-state index contributed by atoms with van der Waals surface area (Å²) in [6.07, 6.45) is 1.83. The van der Waals surface area contributed by atoms with E-state index in [1.165, 1.54) is 0 Å². The molecular formula is C15H13F2NO. The number of nitrogens with two attached hydrogens (primary N) is 1. The van der Waals surface area contributed by atoms with Crippen molar-refractivity contribution in [2.75, 3.05) is 12.3 Å². The van der Waals surface area contributed by atoms with E-state index < -0.39 is 11.6 Å². The minimum atomic E-state index is -0.621. The Morgan fingerprint density at radius 3 is 2.74 bits per heavy atom. The highest BCUT2D eigenvalue weighted by Gasteiger charge is 2.18. The van der Waals surface area contributed by atoms with Crippen molar-refractivity contribution in [3.8, 4) is 16.9 Å². The summed E-state index contributed by atoms with van der Waals surface area (Å²) in [7, 11) is 0. The predicted molar refractivity (Wildman–Crippen MR) is 70.0 cm³/mol. The molecule has 0 aromatic heterocycles. The van der Waals surface area contributed by atoms with Gasteiger partial charge in [-0.2, -0.15) is 0 Å². The van der Waals surface area contributed by atoms with Gasteiger partial charge in [0.2, 0.25) is 0 Å². The van der Waals surface area contributed by atoms with E-state index in [9.17, 15) is 8.78 Å². The molecular weight excluding hydrogens is 248 g/mol. The molecule has 1 aliphatic heterocycles. The van der Waals surface area contributed by atoms with Gasteiger partial charge in [-0.05, 0) is 24.5 Å². The highest BCUT2D eigenvalue weighted by molar-refractivity contribution is 5.74. The standard InChI is InChI=1S/C15H13F2NO/c16-12-8-14(18)13(17)7-11(12)10-5-1-3-9-4-2-6-19-15(9)10/h1,3,5,7-8H,2,4,6,18H2. The van der Waals surface area contributed by atoms with Gasteiger partial charge in [0.05, 0.1) is 12.3 Å². The summed E-state index contributed by atoms with van der Waals surface area (Å²) in [6.45, 7) is 0.600. The fourth-order valence-electron chi connectivity index (χ4n) is 2.37. The Kier molecular flexibility index (Phi) is 2.85. The average molecular weight is 261 g/mol. The van der Waals surface area contributed by atoms with Crippen LogP contribution in [0.3, 0.4) is 0 Å². The molecule has 2 nitrogen and oxygen atoms in total. The monoisotopic (exact) mass is 261 g/mol. The van der Waals surface area contributed by atoms with E-state index in [4.69, 9.17) is 10.5 Å². The number of para-hydroxylation sites is 1. The van der Waals surface area contributed by atoms with Crippen molar-refractivity contribution < 1.29 is 13.5 Å². The second-order valence-corrected chi connectivity index (χ2v) is 4.60. The number of aryl methyl sites for hydroxylation is 1. The molecule has 0 aliphatic carbocycles. The molecule has 1 heterocycles. The molecule has 0 saturated carbocycles. The summed E-state index contributed by atoms with van der Waals surface area (Å²) < 4.78 is 33.1. The Balaban J connectivity index is 2.20. The van der Waals surface area contributed by atoms with Crippen LogP contribution in [0.2, 0.25) is 0 Å². The van der Waals surface area contributed by atoms with Gasteiger partial charge < -0.3 is 10.5 Å². The SMILES string of the molecule is Nc1cc(F)c(-c2cccc3c2OCCC3)cc1F. The van der Waals surface area contributed by atoms with Gasteiger partial charge in [-0.1, -0.05) is 18.2 Å². The fourth-order valence-corrected chi connectivity index (χ4v) is 2.37. The number of benzene rings is 2. The van der Waals surface area contributed by atoms with Crippen molar-refractivity contribution in [2.45, 2.75) is 12.8 Å². The number of hydrogen-bond donors (Lipinski definition) is 1. The first kappa shape index (κ1) is 12.0. The van der Waals surface area contributed by atoms with Crippen molar-refractivity contribution >= 4 is 5.69 Å². The van der Waals surface area contributed by atoms with Crippen molar-refractivity contribution in [3.05, 3.63) is 47.5 Å². The number of rotatable bonds is 1. The molecule has 98 valence electrons. The van der Waals surface area contributed by atoms with E-state index in [2.05, 4.69) is 0 Å². The maximum atomic E-state index is 14.0. The summed E-state index contributed by atoms with van der Waals surface area (Å²) in [6, 6.07) is 7.64. The number of fused-ring (bicyclic) bond motifs is 1. The van der Waals surface area contributed by atoms with E-state index in [0.29, 0.717) is 17.9 Å². The fraction of sp³-hybridized carbons (Fsp3) is 0.200. The third-order valence-corrected chi connectivity index (χ3v) is 3.31. The zero-order chi connectivity index (χ0) is 13.4. The van der Waals surface area contributed by atoms with Gasteiger partial charge in [0.1, 0.15) is 17.4 Å². The number of ether oxygens (including phenoxy) is 1. The molecule has 3 rings (SSSR count). The minimum absolute atomic E-state index is 0.186. The number of anilines is 1. The molecule has 2 aromatic carbocycles. The maximum absolute atomic E-state index is 14.0. The van der Waals surface area contributed by atoms with Crippen LogP contribution in [0.25, 0.3) is 11.1 Å². The molecule has 0 spiro atoms. The summed E-state index contributed by atoms with van der Waals surface area (Å²) >= 11 is 0. The van der Waals surface area contributed by atoms with E-state index in [0.717, 1.165) is 30.5 Å². The molecule has 19 heavy (non-hydrogen) atoms. The Hall–Kier alpha value is -2.10. The third kappa shape index (κ3) is 2.03. The average Bonchev–Trinajstić information content (AvgIpc) is 2.42. The molecule has 0 radical (unpaired) electrons. The van der Waals surface area contributed by atoms with Crippen molar-refractivity contribution in [2.24, 2.45) is 0 Å². The third-order valence-electron chi connectivity index (χ3n) is 3.31. The van der Waals surface area contributed by atoms with Crippen LogP contribution in [-0.4, -0.2) is 6.61 Å². The Bertz CT molecular complexity index is 640. The van der Waals surface area contributed by atoms with Crippen molar-refractivity contribution in [3.63, 3.8) is 0 Å². The first-order valence-corrected chi connectivity index (χ1v) is 6.16. The molecule has 0 fully saturated rings. The Morgan fingerprint density at radius 1 is 1.05 bits per heavy atom. The highest BCUT2D eigenvalue weighted by Crippen LogP contribution is 2.38. The lowest BCUT2D eigenvalue weighted by atomic mass is 9.97. The lowest BCUT2D eigenvalue weighted by molar-refractivity contribution is 0.289. The molecule has 0 unspecified atom stereocenters. The zero-order valence-electron chi connectivity index (χ0n) is 10.2. The van der Waals surface area contributed by atoms with Crippen molar-refractivity contribution in [1.82, 2.24) is 0 Å². The molecule has 0 bridgehead atoms. The summed E-state index contributed by atoms with van der Waals surface area (Å²) in [5.74, 6) is -0.511. The molecule has 0 atom stereocenters. The smallest absolute Gasteiger partial charge is 0.146 e. The summed E-state index contributed by atoms with van der Waals surface area (Å²) in [5.41, 5.74) is 6.96. The van der Waals surface area contributed by atoms with Crippen LogP contribution in [0.5, 0.6) is 5.75 Å². The number of halogens is 2. The van der Waals surface area contributed by atoms with E-state index >= 15 is 0 Å². The van der Waals surface area contributed by atoms with E-state index in [1.807, 2.05) is 12.1 Å². The normalized spacial score (nSPS) is 13.8. The molecule has 0 amide bonds. The molecule has 0 saturated heterocycles. The largest absolute Gasteiger partial charge is 0.493 e. The molecule has 1 aliphatic rings. The predicted octanol–water partition coefficient (Wildman–Crippen LogP) is 3.54. The Morgan fingerprint density at radius 2 is 1.89 bits per heavy atom. The van der Waals surface area contributed by atoms with Crippen LogP contribution in [0.15, 0.2) is 30.3 Å².